The molecule has 0 amide bonds. The van der Waals surface area contributed by atoms with Gasteiger partial charge in [-0.25, -0.2) is 0 Å². The molecule has 0 atom stereocenters. The zero-order valence-corrected chi connectivity index (χ0v) is 16.0. The molecule has 0 saturated carbocycles. The van der Waals surface area contributed by atoms with Gasteiger partial charge in [-0.05, 0) is 24.1 Å². The highest BCUT2D eigenvalue weighted by molar-refractivity contribution is 5.88. The van der Waals surface area contributed by atoms with Crippen molar-refractivity contribution in [3.05, 3.63) is 66.2 Å². The maximum Gasteiger partial charge on any atom is 0.119 e. The minimum Gasteiger partial charge on any atom is -0.360 e. The summed E-state index contributed by atoms with van der Waals surface area (Å²) in [5.41, 5.74) is 2.60. The topological polar surface area (TPSA) is 18.8 Å². The number of anilines is 1. The lowest BCUT2D eigenvalue weighted by Crippen LogP contribution is -2.38. The molecule has 3 rings (SSSR count). The lowest BCUT2D eigenvalue weighted by molar-refractivity contribution is 0.429. The molecular weight excluding hydrogens is 318 g/mol. The molecule has 1 heterocycles. The lowest BCUT2D eigenvalue weighted by Gasteiger charge is -2.29. The van der Waals surface area contributed by atoms with Crippen LogP contribution < -0.4 is 4.90 Å². The van der Waals surface area contributed by atoms with E-state index in [9.17, 15) is 0 Å². The van der Waals surface area contributed by atoms with Crippen molar-refractivity contribution in [1.29, 1.82) is 0 Å². The number of rotatable bonds is 10. The molecule has 0 aromatic heterocycles. The van der Waals surface area contributed by atoms with Gasteiger partial charge in [-0.3, -0.25) is 4.99 Å². The van der Waals surface area contributed by atoms with Gasteiger partial charge in [0.2, 0.25) is 0 Å². The van der Waals surface area contributed by atoms with E-state index in [0.29, 0.717) is 0 Å². The Balaban J connectivity index is 1.67. The summed E-state index contributed by atoms with van der Waals surface area (Å²) < 4.78 is 0. The van der Waals surface area contributed by atoms with Crippen LogP contribution in [0.25, 0.3) is 0 Å². The Morgan fingerprint density at radius 1 is 0.885 bits per heavy atom. The number of para-hydroxylation sites is 1. The molecule has 0 aliphatic carbocycles. The quantitative estimate of drug-likeness (QED) is 0.563. The average Bonchev–Trinajstić information content (AvgIpc) is 3.13. The van der Waals surface area contributed by atoms with E-state index in [0.717, 1.165) is 32.7 Å². The van der Waals surface area contributed by atoms with Crippen LogP contribution in [0.2, 0.25) is 0 Å². The summed E-state index contributed by atoms with van der Waals surface area (Å²) in [6.45, 7) is 7.23. The van der Waals surface area contributed by atoms with Crippen LogP contribution >= 0.6 is 0 Å². The summed E-state index contributed by atoms with van der Waals surface area (Å²) in [6, 6.07) is 21.4. The monoisotopic (exact) mass is 349 g/mol. The molecule has 0 bridgehead atoms. The van der Waals surface area contributed by atoms with Crippen molar-refractivity contribution in [3.63, 3.8) is 0 Å². The molecule has 3 nitrogen and oxygen atoms in total. The highest BCUT2D eigenvalue weighted by Crippen LogP contribution is 2.18. The van der Waals surface area contributed by atoms with Gasteiger partial charge in [-0.1, -0.05) is 74.7 Å². The molecule has 1 aliphatic heterocycles. The van der Waals surface area contributed by atoms with Crippen molar-refractivity contribution in [2.24, 2.45) is 4.99 Å². The number of hydrogen-bond donors (Lipinski definition) is 0. The predicted octanol–water partition coefficient (Wildman–Crippen LogP) is 4.99. The van der Waals surface area contributed by atoms with Gasteiger partial charge in [-0.2, -0.15) is 0 Å². The number of hydrogen-bond acceptors (Lipinski definition) is 3. The minimum absolute atomic E-state index is 0.882. The Hall–Kier alpha value is -2.29. The molecule has 138 valence electrons. The smallest absolute Gasteiger partial charge is 0.119 e. The fraction of sp³-hybridized carbons (Fsp3) is 0.435. The molecule has 2 aromatic carbocycles. The highest BCUT2D eigenvalue weighted by Gasteiger charge is 2.19. The first-order valence-electron chi connectivity index (χ1n) is 9.99. The van der Waals surface area contributed by atoms with E-state index in [2.05, 4.69) is 77.4 Å². The van der Waals surface area contributed by atoms with Crippen LogP contribution in [0.1, 0.15) is 38.2 Å². The molecule has 0 spiro atoms. The summed E-state index contributed by atoms with van der Waals surface area (Å²) >= 11 is 0. The van der Waals surface area contributed by atoms with Crippen LogP contribution in [0.5, 0.6) is 0 Å². The van der Waals surface area contributed by atoms with E-state index in [1.807, 2.05) is 0 Å². The van der Waals surface area contributed by atoms with Crippen LogP contribution in [0.3, 0.4) is 0 Å². The van der Waals surface area contributed by atoms with Gasteiger partial charge in [-0.15, -0.1) is 0 Å². The van der Waals surface area contributed by atoms with Gasteiger partial charge in [0.25, 0.3) is 0 Å². The summed E-state index contributed by atoms with van der Waals surface area (Å²) in [6.07, 6.45) is 5.23. The van der Waals surface area contributed by atoms with Crippen molar-refractivity contribution in [3.8, 4) is 0 Å². The van der Waals surface area contributed by atoms with Gasteiger partial charge in [0.15, 0.2) is 0 Å². The average molecular weight is 350 g/mol. The van der Waals surface area contributed by atoms with Gasteiger partial charge in [0.05, 0.1) is 13.1 Å². The second-order valence-electron chi connectivity index (χ2n) is 7.02. The van der Waals surface area contributed by atoms with E-state index in [1.165, 1.54) is 42.8 Å². The zero-order valence-electron chi connectivity index (χ0n) is 16.0. The summed E-state index contributed by atoms with van der Waals surface area (Å²) in [4.78, 5) is 9.76. The molecule has 0 fully saturated rings. The number of benzene rings is 2. The Morgan fingerprint density at radius 2 is 1.62 bits per heavy atom. The number of unbranched alkanes of at least 4 members (excludes halogenated alkanes) is 3. The highest BCUT2D eigenvalue weighted by atomic mass is 15.3. The third-order valence-electron chi connectivity index (χ3n) is 4.98. The zero-order chi connectivity index (χ0) is 18.0. The summed E-state index contributed by atoms with van der Waals surface area (Å²) in [5, 5.41) is 0. The molecule has 26 heavy (non-hydrogen) atoms. The fourth-order valence-corrected chi connectivity index (χ4v) is 3.50. The summed E-state index contributed by atoms with van der Waals surface area (Å²) in [5.74, 6) is 1.25. The van der Waals surface area contributed by atoms with Gasteiger partial charge in [0.1, 0.15) is 5.84 Å². The van der Waals surface area contributed by atoms with Crippen LogP contribution in [-0.2, 0) is 6.54 Å². The second kappa shape index (κ2) is 10.0. The van der Waals surface area contributed by atoms with Crippen molar-refractivity contribution in [2.75, 3.05) is 31.1 Å². The number of amidine groups is 1. The maximum atomic E-state index is 4.82. The Morgan fingerprint density at radius 3 is 2.35 bits per heavy atom. The lowest BCUT2D eigenvalue weighted by atomic mass is 10.2. The van der Waals surface area contributed by atoms with E-state index in [4.69, 9.17) is 4.99 Å². The molecule has 0 unspecified atom stereocenters. The summed E-state index contributed by atoms with van der Waals surface area (Å²) in [7, 11) is 0. The first-order valence-corrected chi connectivity index (χ1v) is 9.99. The molecule has 0 N–H and O–H groups in total. The molecule has 0 saturated heterocycles. The predicted molar refractivity (Wildman–Crippen MR) is 112 cm³/mol. The van der Waals surface area contributed by atoms with Gasteiger partial charge < -0.3 is 9.80 Å². The first kappa shape index (κ1) is 18.5. The normalized spacial score (nSPS) is 13.7. The fourth-order valence-electron chi connectivity index (χ4n) is 3.50. The van der Waals surface area contributed by atoms with Crippen LogP contribution in [0.4, 0.5) is 5.69 Å². The van der Waals surface area contributed by atoms with Crippen LogP contribution in [0, 0.1) is 0 Å². The van der Waals surface area contributed by atoms with E-state index >= 15 is 0 Å². The van der Waals surface area contributed by atoms with Gasteiger partial charge >= 0.3 is 0 Å². The molecule has 1 aliphatic rings. The standard InChI is InChI=1S/C23H31N3/c1-2-3-4-11-17-25-18-16-24-23(25)20-26(22-14-9-6-10-15-22)19-21-12-7-5-8-13-21/h5-10,12-15H,2-4,11,16-20H2,1H3. The Kier molecular flexibility index (Phi) is 7.12. The first-order chi connectivity index (χ1) is 12.9. The van der Waals surface area contributed by atoms with E-state index in [1.54, 1.807) is 0 Å². The third-order valence-corrected chi connectivity index (χ3v) is 4.98. The Labute approximate surface area is 158 Å². The van der Waals surface area contributed by atoms with Crippen LogP contribution in [-0.4, -0.2) is 36.9 Å². The van der Waals surface area contributed by atoms with Crippen molar-refractivity contribution < 1.29 is 0 Å². The van der Waals surface area contributed by atoms with Crippen molar-refractivity contribution in [2.45, 2.75) is 39.2 Å². The molecule has 0 radical (unpaired) electrons. The largest absolute Gasteiger partial charge is 0.360 e. The second-order valence-corrected chi connectivity index (χ2v) is 7.02. The van der Waals surface area contributed by atoms with E-state index in [-0.39, 0.29) is 0 Å². The molecule has 2 aromatic rings. The maximum absolute atomic E-state index is 4.82. The SMILES string of the molecule is CCCCCCN1CCN=C1CN(Cc1ccccc1)c1ccccc1. The van der Waals surface area contributed by atoms with Crippen molar-refractivity contribution in [1.82, 2.24) is 4.90 Å². The molecular formula is C23H31N3. The number of nitrogens with zero attached hydrogens (tertiary/aromatic N) is 3. The van der Waals surface area contributed by atoms with E-state index < -0.39 is 0 Å². The van der Waals surface area contributed by atoms with Crippen molar-refractivity contribution >= 4 is 11.5 Å². The Bertz CT molecular complexity index is 666. The van der Waals surface area contributed by atoms with Gasteiger partial charge in [0, 0.05) is 25.3 Å². The number of aliphatic imine (C=N–C) groups is 1. The minimum atomic E-state index is 0.882. The molecule has 3 heteroatoms. The third kappa shape index (κ3) is 5.35. The van der Waals surface area contributed by atoms with Crippen LogP contribution in [0.15, 0.2) is 65.7 Å².